The van der Waals surface area contributed by atoms with E-state index in [9.17, 15) is 4.79 Å². The standard InChI is InChI=1S/C14H12N4OS/c15-9-5-6-10(16-8-9)7-13(19)18-14-17-11-3-1-2-4-12(11)20-14/h1-6,8H,7,15H2,(H,17,18,19). The van der Waals surface area contributed by atoms with Crippen molar-refractivity contribution in [1.29, 1.82) is 0 Å². The van der Waals surface area contributed by atoms with Crippen molar-refractivity contribution in [2.24, 2.45) is 0 Å². The fourth-order valence-electron chi connectivity index (χ4n) is 1.79. The number of pyridine rings is 1. The molecule has 0 saturated heterocycles. The third-order valence-electron chi connectivity index (χ3n) is 2.73. The second-order valence-electron chi connectivity index (χ2n) is 4.29. The molecule has 6 heteroatoms. The minimum absolute atomic E-state index is 0.138. The summed E-state index contributed by atoms with van der Waals surface area (Å²) in [5, 5.41) is 3.40. The maximum absolute atomic E-state index is 11.9. The Morgan fingerprint density at radius 3 is 2.85 bits per heavy atom. The molecule has 3 N–H and O–H groups in total. The third kappa shape index (κ3) is 2.75. The fraction of sp³-hybridized carbons (Fsp3) is 0.0714. The molecule has 0 spiro atoms. The SMILES string of the molecule is Nc1ccc(CC(=O)Nc2nc3ccccc3s2)nc1. The molecular formula is C14H12N4OS. The third-order valence-corrected chi connectivity index (χ3v) is 3.68. The van der Waals surface area contributed by atoms with Crippen LogP contribution >= 0.6 is 11.3 Å². The predicted molar refractivity (Wildman–Crippen MR) is 80.6 cm³/mol. The van der Waals surface area contributed by atoms with Crippen molar-refractivity contribution in [1.82, 2.24) is 9.97 Å². The minimum atomic E-state index is -0.138. The predicted octanol–water partition coefficient (Wildman–Crippen LogP) is 2.45. The molecule has 20 heavy (non-hydrogen) atoms. The number of fused-ring (bicyclic) bond motifs is 1. The smallest absolute Gasteiger partial charge is 0.232 e. The molecular weight excluding hydrogens is 272 g/mol. The summed E-state index contributed by atoms with van der Waals surface area (Å²) in [7, 11) is 0. The van der Waals surface area contributed by atoms with Gasteiger partial charge in [0, 0.05) is 5.69 Å². The Morgan fingerprint density at radius 2 is 2.10 bits per heavy atom. The molecule has 0 aliphatic rings. The topological polar surface area (TPSA) is 80.9 Å². The van der Waals surface area contributed by atoms with Crippen molar-refractivity contribution in [2.75, 3.05) is 11.1 Å². The van der Waals surface area contributed by atoms with E-state index >= 15 is 0 Å². The number of carbonyl (C=O) groups is 1. The Hall–Kier alpha value is -2.47. The van der Waals surface area contributed by atoms with Crippen molar-refractivity contribution < 1.29 is 4.79 Å². The highest BCUT2D eigenvalue weighted by Crippen LogP contribution is 2.25. The molecule has 2 heterocycles. The van der Waals surface area contributed by atoms with Crippen LogP contribution in [0.2, 0.25) is 0 Å². The average Bonchev–Trinajstić information content (AvgIpc) is 2.83. The second-order valence-corrected chi connectivity index (χ2v) is 5.33. The number of carbonyl (C=O) groups excluding carboxylic acids is 1. The lowest BCUT2D eigenvalue weighted by molar-refractivity contribution is -0.115. The van der Waals surface area contributed by atoms with Crippen LogP contribution < -0.4 is 11.1 Å². The maximum Gasteiger partial charge on any atom is 0.232 e. The van der Waals surface area contributed by atoms with Gasteiger partial charge < -0.3 is 11.1 Å². The number of para-hydroxylation sites is 1. The number of anilines is 2. The zero-order chi connectivity index (χ0) is 13.9. The van der Waals surface area contributed by atoms with Gasteiger partial charge in [0.05, 0.1) is 28.5 Å². The molecule has 3 rings (SSSR count). The summed E-state index contributed by atoms with van der Waals surface area (Å²) in [6.07, 6.45) is 1.75. The molecule has 0 saturated carbocycles. The van der Waals surface area contributed by atoms with Gasteiger partial charge in [-0.15, -0.1) is 0 Å². The van der Waals surface area contributed by atoms with Crippen molar-refractivity contribution in [3.63, 3.8) is 0 Å². The Labute approximate surface area is 119 Å². The van der Waals surface area contributed by atoms with Crippen molar-refractivity contribution in [3.05, 3.63) is 48.3 Å². The van der Waals surface area contributed by atoms with E-state index in [4.69, 9.17) is 5.73 Å². The number of nitrogens with one attached hydrogen (secondary N) is 1. The quantitative estimate of drug-likeness (QED) is 0.774. The monoisotopic (exact) mass is 284 g/mol. The van der Waals surface area contributed by atoms with Crippen molar-refractivity contribution in [3.8, 4) is 0 Å². The number of nitrogen functional groups attached to an aromatic ring is 1. The van der Waals surface area contributed by atoms with E-state index in [1.54, 1.807) is 18.3 Å². The first kappa shape index (κ1) is 12.6. The number of benzene rings is 1. The molecule has 0 radical (unpaired) electrons. The van der Waals surface area contributed by atoms with Gasteiger partial charge in [0.25, 0.3) is 0 Å². The summed E-state index contributed by atoms with van der Waals surface area (Å²) in [4.78, 5) is 20.4. The van der Waals surface area contributed by atoms with Gasteiger partial charge in [-0.25, -0.2) is 4.98 Å². The Kier molecular flexibility index (Phi) is 3.30. The normalized spacial score (nSPS) is 10.6. The van der Waals surface area contributed by atoms with E-state index in [1.165, 1.54) is 11.3 Å². The van der Waals surface area contributed by atoms with Gasteiger partial charge in [0.2, 0.25) is 5.91 Å². The van der Waals surface area contributed by atoms with Crippen LogP contribution in [0.15, 0.2) is 42.6 Å². The summed E-state index contributed by atoms with van der Waals surface area (Å²) in [6, 6.07) is 11.2. The summed E-state index contributed by atoms with van der Waals surface area (Å²) in [5.74, 6) is -0.138. The molecule has 0 fully saturated rings. The largest absolute Gasteiger partial charge is 0.397 e. The number of nitrogens with two attached hydrogens (primary N) is 1. The second kappa shape index (κ2) is 5.26. The van der Waals surface area contributed by atoms with Crippen LogP contribution in [0.1, 0.15) is 5.69 Å². The number of amides is 1. The minimum Gasteiger partial charge on any atom is -0.397 e. The molecule has 2 aromatic heterocycles. The highest BCUT2D eigenvalue weighted by Gasteiger charge is 2.08. The van der Waals surface area contributed by atoms with E-state index in [-0.39, 0.29) is 12.3 Å². The first-order valence-electron chi connectivity index (χ1n) is 6.06. The van der Waals surface area contributed by atoms with Crippen LogP contribution in [-0.2, 0) is 11.2 Å². The van der Waals surface area contributed by atoms with Crippen LogP contribution in [-0.4, -0.2) is 15.9 Å². The van der Waals surface area contributed by atoms with Gasteiger partial charge in [0.1, 0.15) is 0 Å². The lowest BCUT2D eigenvalue weighted by Gasteiger charge is -2.01. The molecule has 1 amide bonds. The van der Waals surface area contributed by atoms with Crippen LogP contribution in [0.4, 0.5) is 10.8 Å². The highest BCUT2D eigenvalue weighted by molar-refractivity contribution is 7.22. The molecule has 3 aromatic rings. The van der Waals surface area contributed by atoms with E-state index in [2.05, 4.69) is 15.3 Å². The molecule has 0 aliphatic heterocycles. The molecule has 0 aliphatic carbocycles. The lowest BCUT2D eigenvalue weighted by Crippen LogP contribution is -2.14. The van der Waals surface area contributed by atoms with E-state index in [0.29, 0.717) is 16.5 Å². The highest BCUT2D eigenvalue weighted by atomic mass is 32.1. The van der Waals surface area contributed by atoms with Crippen LogP contribution in [0.5, 0.6) is 0 Å². The van der Waals surface area contributed by atoms with Crippen LogP contribution in [0.3, 0.4) is 0 Å². The number of aromatic nitrogens is 2. The molecule has 100 valence electrons. The maximum atomic E-state index is 11.9. The van der Waals surface area contributed by atoms with Crippen molar-refractivity contribution in [2.45, 2.75) is 6.42 Å². The first-order chi connectivity index (χ1) is 9.70. The lowest BCUT2D eigenvalue weighted by atomic mass is 10.2. The summed E-state index contributed by atoms with van der Waals surface area (Å²) in [6.45, 7) is 0. The van der Waals surface area contributed by atoms with Gasteiger partial charge in [0.15, 0.2) is 5.13 Å². The average molecular weight is 284 g/mol. The number of hydrogen-bond donors (Lipinski definition) is 2. The van der Waals surface area contributed by atoms with E-state index in [0.717, 1.165) is 10.2 Å². The zero-order valence-electron chi connectivity index (χ0n) is 10.5. The summed E-state index contributed by atoms with van der Waals surface area (Å²) < 4.78 is 1.05. The number of rotatable bonds is 3. The molecule has 5 nitrogen and oxygen atoms in total. The Morgan fingerprint density at radius 1 is 1.25 bits per heavy atom. The number of nitrogens with zero attached hydrogens (tertiary/aromatic N) is 2. The van der Waals surface area contributed by atoms with Gasteiger partial charge in [-0.05, 0) is 24.3 Å². The first-order valence-corrected chi connectivity index (χ1v) is 6.88. The number of hydrogen-bond acceptors (Lipinski definition) is 5. The van der Waals surface area contributed by atoms with E-state index < -0.39 is 0 Å². The zero-order valence-corrected chi connectivity index (χ0v) is 11.4. The molecule has 0 unspecified atom stereocenters. The van der Waals surface area contributed by atoms with Gasteiger partial charge in [-0.3, -0.25) is 9.78 Å². The van der Waals surface area contributed by atoms with Gasteiger partial charge in [-0.2, -0.15) is 0 Å². The molecule has 0 bridgehead atoms. The van der Waals surface area contributed by atoms with Gasteiger partial charge >= 0.3 is 0 Å². The summed E-state index contributed by atoms with van der Waals surface area (Å²) in [5.41, 5.74) is 7.70. The van der Waals surface area contributed by atoms with Gasteiger partial charge in [-0.1, -0.05) is 23.5 Å². The van der Waals surface area contributed by atoms with E-state index in [1.807, 2.05) is 24.3 Å². The van der Waals surface area contributed by atoms with Crippen LogP contribution in [0, 0.1) is 0 Å². The molecule has 0 atom stereocenters. The fourth-order valence-corrected chi connectivity index (χ4v) is 2.68. The summed E-state index contributed by atoms with van der Waals surface area (Å²) >= 11 is 1.46. The number of thiazole rings is 1. The molecule has 1 aromatic carbocycles. The Balaban J connectivity index is 1.70. The van der Waals surface area contributed by atoms with Crippen LogP contribution in [0.25, 0.3) is 10.2 Å². The van der Waals surface area contributed by atoms with Crippen molar-refractivity contribution >= 4 is 38.3 Å². The Bertz CT molecular complexity index is 718.